The largest absolute Gasteiger partial charge is 0.371 e. The third-order valence-corrected chi connectivity index (χ3v) is 2.30. The maximum absolute atomic E-state index is 13.5. The van der Waals surface area contributed by atoms with E-state index in [4.69, 9.17) is 17.3 Å². The quantitative estimate of drug-likeness (QED) is 0.711. The molecular formula is C11H15ClFN3. The Morgan fingerprint density at radius 3 is 2.88 bits per heavy atom. The van der Waals surface area contributed by atoms with Crippen molar-refractivity contribution in [1.82, 2.24) is 10.6 Å². The number of hydrogen-bond acceptors (Lipinski definition) is 3. The van der Waals surface area contributed by atoms with Gasteiger partial charge in [-0.05, 0) is 6.07 Å². The SMILES string of the molecule is C=C(NCCN)NCc1cccc(Cl)c1F. The first-order valence-corrected chi connectivity index (χ1v) is 5.32. The summed E-state index contributed by atoms with van der Waals surface area (Å²) in [5, 5.41) is 6.02. The van der Waals surface area contributed by atoms with Gasteiger partial charge in [-0.15, -0.1) is 0 Å². The minimum Gasteiger partial charge on any atom is -0.371 e. The molecule has 0 saturated carbocycles. The van der Waals surface area contributed by atoms with E-state index < -0.39 is 5.82 Å². The van der Waals surface area contributed by atoms with Crippen molar-refractivity contribution in [2.45, 2.75) is 6.54 Å². The van der Waals surface area contributed by atoms with Crippen molar-refractivity contribution >= 4 is 11.6 Å². The number of hydrogen-bond donors (Lipinski definition) is 3. The van der Waals surface area contributed by atoms with Crippen LogP contribution < -0.4 is 16.4 Å². The highest BCUT2D eigenvalue weighted by Crippen LogP contribution is 2.17. The Kier molecular flexibility index (Phi) is 5.08. The molecule has 0 unspecified atom stereocenters. The summed E-state index contributed by atoms with van der Waals surface area (Å²) in [6.45, 7) is 5.21. The van der Waals surface area contributed by atoms with E-state index in [0.29, 0.717) is 31.0 Å². The minimum atomic E-state index is -0.400. The van der Waals surface area contributed by atoms with E-state index in [9.17, 15) is 4.39 Å². The van der Waals surface area contributed by atoms with Crippen LogP contribution in [0, 0.1) is 5.82 Å². The zero-order valence-electron chi connectivity index (χ0n) is 8.89. The highest BCUT2D eigenvalue weighted by Gasteiger charge is 2.05. The number of nitrogens with two attached hydrogens (primary N) is 1. The van der Waals surface area contributed by atoms with E-state index in [1.54, 1.807) is 12.1 Å². The minimum absolute atomic E-state index is 0.125. The van der Waals surface area contributed by atoms with Crippen LogP contribution >= 0.6 is 11.6 Å². The van der Waals surface area contributed by atoms with Crippen LogP contribution in [0.15, 0.2) is 30.6 Å². The molecule has 16 heavy (non-hydrogen) atoms. The average Bonchev–Trinajstić information content (AvgIpc) is 2.28. The van der Waals surface area contributed by atoms with Gasteiger partial charge in [-0.1, -0.05) is 30.3 Å². The first-order valence-electron chi connectivity index (χ1n) is 4.94. The fourth-order valence-corrected chi connectivity index (χ4v) is 1.37. The Hall–Kier alpha value is -1.26. The summed E-state index contributed by atoms with van der Waals surface area (Å²) in [5.41, 5.74) is 5.82. The molecule has 0 saturated heterocycles. The molecule has 0 fully saturated rings. The van der Waals surface area contributed by atoms with Crippen molar-refractivity contribution in [3.63, 3.8) is 0 Å². The predicted molar refractivity (Wildman–Crippen MR) is 64.4 cm³/mol. The van der Waals surface area contributed by atoms with Crippen LogP contribution in [0.25, 0.3) is 0 Å². The van der Waals surface area contributed by atoms with Crippen LogP contribution in [0.2, 0.25) is 5.02 Å². The van der Waals surface area contributed by atoms with Gasteiger partial charge < -0.3 is 16.4 Å². The molecule has 88 valence electrons. The molecule has 0 aliphatic rings. The topological polar surface area (TPSA) is 50.1 Å². The average molecular weight is 244 g/mol. The van der Waals surface area contributed by atoms with E-state index in [2.05, 4.69) is 17.2 Å². The van der Waals surface area contributed by atoms with Gasteiger partial charge in [0, 0.05) is 25.2 Å². The second-order valence-corrected chi connectivity index (χ2v) is 3.67. The van der Waals surface area contributed by atoms with Crippen LogP contribution in [0.3, 0.4) is 0 Å². The second kappa shape index (κ2) is 6.35. The van der Waals surface area contributed by atoms with E-state index in [0.717, 1.165) is 0 Å². The summed E-state index contributed by atoms with van der Waals surface area (Å²) in [5.74, 6) is 0.216. The van der Waals surface area contributed by atoms with Gasteiger partial charge in [-0.25, -0.2) is 4.39 Å². The van der Waals surface area contributed by atoms with Crippen molar-refractivity contribution in [1.29, 1.82) is 0 Å². The van der Waals surface area contributed by atoms with Crippen molar-refractivity contribution < 1.29 is 4.39 Å². The smallest absolute Gasteiger partial charge is 0.146 e. The monoisotopic (exact) mass is 243 g/mol. The van der Waals surface area contributed by atoms with E-state index in [1.165, 1.54) is 6.07 Å². The maximum Gasteiger partial charge on any atom is 0.146 e. The van der Waals surface area contributed by atoms with Crippen molar-refractivity contribution in [3.05, 3.63) is 47.0 Å². The first-order chi connectivity index (χ1) is 7.65. The molecule has 0 spiro atoms. The second-order valence-electron chi connectivity index (χ2n) is 3.26. The third kappa shape index (κ3) is 3.72. The molecule has 0 bridgehead atoms. The Morgan fingerprint density at radius 1 is 1.44 bits per heavy atom. The molecule has 0 heterocycles. The lowest BCUT2D eigenvalue weighted by Gasteiger charge is -2.12. The number of nitrogens with one attached hydrogen (secondary N) is 2. The summed E-state index contributed by atoms with van der Waals surface area (Å²) in [6, 6.07) is 4.89. The summed E-state index contributed by atoms with van der Waals surface area (Å²) in [4.78, 5) is 0. The van der Waals surface area contributed by atoms with Gasteiger partial charge in [0.25, 0.3) is 0 Å². The molecule has 0 amide bonds. The molecule has 1 rings (SSSR count). The Bertz CT molecular complexity index is 368. The highest BCUT2D eigenvalue weighted by atomic mass is 35.5. The van der Waals surface area contributed by atoms with Gasteiger partial charge in [-0.3, -0.25) is 0 Å². The van der Waals surface area contributed by atoms with Crippen LogP contribution in [0.1, 0.15) is 5.56 Å². The molecule has 0 aromatic heterocycles. The van der Waals surface area contributed by atoms with E-state index in [1.807, 2.05) is 0 Å². The number of halogens is 2. The van der Waals surface area contributed by atoms with Crippen LogP contribution in [-0.4, -0.2) is 13.1 Å². The lowest BCUT2D eigenvalue weighted by Crippen LogP contribution is -2.29. The summed E-state index contributed by atoms with van der Waals surface area (Å²) in [6.07, 6.45) is 0. The molecule has 1 aromatic carbocycles. The third-order valence-electron chi connectivity index (χ3n) is 2.01. The number of benzene rings is 1. The van der Waals surface area contributed by atoms with Crippen molar-refractivity contribution in [2.75, 3.05) is 13.1 Å². The molecule has 0 atom stereocenters. The Morgan fingerprint density at radius 2 is 2.19 bits per heavy atom. The maximum atomic E-state index is 13.5. The molecule has 0 aliphatic heterocycles. The molecule has 1 aromatic rings. The molecule has 3 nitrogen and oxygen atoms in total. The van der Waals surface area contributed by atoms with Gasteiger partial charge in [0.1, 0.15) is 5.82 Å². The molecule has 4 N–H and O–H groups in total. The Labute approximate surface area is 99.5 Å². The molecule has 5 heteroatoms. The van der Waals surface area contributed by atoms with Gasteiger partial charge in [0.05, 0.1) is 10.8 Å². The standard InChI is InChI=1S/C11H15ClFN3/c1-8(15-6-5-14)16-7-9-3-2-4-10(12)11(9)13/h2-4,15-16H,1,5-7,14H2. The fourth-order valence-electron chi connectivity index (χ4n) is 1.17. The van der Waals surface area contributed by atoms with Gasteiger partial charge in [0.15, 0.2) is 0 Å². The molecule has 0 aliphatic carbocycles. The lowest BCUT2D eigenvalue weighted by atomic mass is 10.2. The van der Waals surface area contributed by atoms with Crippen LogP contribution in [0.4, 0.5) is 4.39 Å². The zero-order chi connectivity index (χ0) is 12.0. The van der Waals surface area contributed by atoms with E-state index >= 15 is 0 Å². The normalized spacial score (nSPS) is 9.94. The van der Waals surface area contributed by atoms with Crippen molar-refractivity contribution in [3.8, 4) is 0 Å². The lowest BCUT2D eigenvalue weighted by molar-refractivity contribution is 0.594. The Balaban J connectivity index is 2.48. The fraction of sp³-hybridized carbons (Fsp3) is 0.273. The number of rotatable bonds is 6. The highest BCUT2D eigenvalue weighted by molar-refractivity contribution is 6.30. The zero-order valence-corrected chi connectivity index (χ0v) is 9.65. The van der Waals surface area contributed by atoms with Gasteiger partial charge >= 0.3 is 0 Å². The molecular weight excluding hydrogens is 229 g/mol. The first kappa shape index (κ1) is 12.8. The van der Waals surface area contributed by atoms with Gasteiger partial charge in [0.2, 0.25) is 0 Å². The van der Waals surface area contributed by atoms with Crippen LogP contribution in [-0.2, 0) is 6.54 Å². The predicted octanol–water partition coefficient (Wildman–Crippen LogP) is 1.59. The summed E-state index contributed by atoms with van der Waals surface area (Å²) in [7, 11) is 0. The summed E-state index contributed by atoms with van der Waals surface area (Å²) < 4.78 is 13.5. The molecule has 0 radical (unpaired) electrons. The summed E-state index contributed by atoms with van der Waals surface area (Å²) >= 11 is 5.66. The van der Waals surface area contributed by atoms with Gasteiger partial charge in [-0.2, -0.15) is 0 Å². The van der Waals surface area contributed by atoms with Crippen LogP contribution in [0.5, 0.6) is 0 Å². The van der Waals surface area contributed by atoms with E-state index in [-0.39, 0.29) is 5.02 Å². The van der Waals surface area contributed by atoms with Crippen molar-refractivity contribution in [2.24, 2.45) is 5.73 Å².